The van der Waals surface area contributed by atoms with Crippen LogP contribution in [-0.2, 0) is 13.6 Å². The monoisotopic (exact) mass is 300 g/mol. The first-order valence-electron chi connectivity index (χ1n) is 7.99. The zero-order valence-electron chi connectivity index (χ0n) is 13.3. The molecule has 5 heteroatoms. The van der Waals surface area contributed by atoms with E-state index in [2.05, 4.69) is 31.8 Å². The van der Waals surface area contributed by atoms with Crippen molar-refractivity contribution in [1.29, 1.82) is 0 Å². The van der Waals surface area contributed by atoms with Crippen LogP contribution in [0.25, 0.3) is 11.4 Å². The minimum absolute atomic E-state index is 0.193. The Morgan fingerprint density at radius 3 is 2.50 bits per heavy atom. The van der Waals surface area contributed by atoms with Gasteiger partial charge in [-0.15, -0.1) is 10.2 Å². The van der Waals surface area contributed by atoms with Gasteiger partial charge in [-0.25, -0.2) is 0 Å². The Morgan fingerprint density at radius 2 is 1.86 bits per heavy atom. The van der Waals surface area contributed by atoms with Crippen LogP contribution in [0, 0.1) is 5.92 Å². The topological polar surface area (TPSA) is 54.2 Å². The molecule has 22 heavy (non-hydrogen) atoms. The molecule has 0 aliphatic carbocycles. The maximum absolute atomic E-state index is 9.68. The summed E-state index contributed by atoms with van der Waals surface area (Å²) in [6, 6.07) is 10.2. The van der Waals surface area contributed by atoms with Gasteiger partial charge in [-0.1, -0.05) is 30.3 Å². The maximum Gasteiger partial charge on any atom is 0.163 e. The molecule has 0 radical (unpaired) electrons. The molecule has 1 saturated heterocycles. The molecule has 2 aromatic rings. The second-order valence-electron chi connectivity index (χ2n) is 6.22. The van der Waals surface area contributed by atoms with Crippen LogP contribution < -0.4 is 0 Å². The second kappa shape index (κ2) is 6.58. The lowest BCUT2D eigenvalue weighted by Gasteiger charge is -2.32. The van der Waals surface area contributed by atoms with Crippen LogP contribution in [0.15, 0.2) is 30.3 Å². The highest BCUT2D eigenvalue weighted by Crippen LogP contribution is 2.22. The van der Waals surface area contributed by atoms with E-state index in [0.717, 1.165) is 49.7 Å². The molecule has 0 amide bonds. The highest BCUT2D eigenvalue weighted by molar-refractivity contribution is 5.54. The third kappa shape index (κ3) is 3.20. The Bertz CT molecular complexity index is 600. The van der Waals surface area contributed by atoms with Gasteiger partial charge in [0.05, 0.1) is 12.6 Å². The summed E-state index contributed by atoms with van der Waals surface area (Å²) in [5.74, 6) is 2.35. The molecule has 1 aromatic carbocycles. The van der Waals surface area contributed by atoms with Crippen LogP contribution in [0.2, 0.25) is 0 Å². The van der Waals surface area contributed by atoms with Crippen LogP contribution in [0.1, 0.15) is 25.6 Å². The summed E-state index contributed by atoms with van der Waals surface area (Å²) >= 11 is 0. The van der Waals surface area contributed by atoms with Gasteiger partial charge in [0.2, 0.25) is 0 Å². The fourth-order valence-corrected chi connectivity index (χ4v) is 3.13. The fourth-order valence-electron chi connectivity index (χ4n) is 3.13. The molecule has 1 unspecified atom stereocenters. The van der Waals surface area contributed by atoms with Gasteiger partial charge in [0.1, 0.15) is 5.82 Å². The van der Waals surface area contributed by atoms with Crippen LogP contribution in [0.3, 0.4) is 0 Å². The SMILES string of the molecule is CC(O)C1CCN(Cc2nnc(-c3ccccc3)n2C)CC1. The van der Waals surface area contributed by atoms with Crippen molar-refractivity contribution in [2.75, 3.05) is 13.1 Å². The number of benzene rings is 1. The number of aliphatic hydroxyl groups is 1. The quantitative estimate of drug-likeness (QED) is 0.939. The van der Waals surface area contributed by atoms with Gasteiger partial charge in [0.15, 0.2) is 5.82 Å². The average molecular weight is 300 g/mol. The molecule has 118 valence electrons. The molecule has 0 spiro atoms. The molecule has 1 aliphatic rings. The summed E-state index contributed by atoms with van der Waals surface area (Å²) in [6.07, 6.45) is 1.92. The standard InChI is InChI=1S/C17H24N4O/c1-13(22)14-8-10-21(11-9-14)12-16-18-19-17(20(16)2)15-6-4-3-5-7-15/h3-7,13-14,22H,8-12H2,1-2H3. The maximum atomic E-state index is 9.68. The van der Waals surface area contributed by atoms with Crippen LogP contribution in [0.4, 0.5) is 0 Å². The molecule has 1 aliphatic heterocycles. The van der Waals surface area contributed by atoms with Gasteiger partial charge in [-0.3, -0.25) is 4.90 Å². The molecule has 1 atom stereocenters. The van der Waals surface area contributed by atoms with Crippen molar-refractivity contribution in [3.8, 4) is 11.4 Å². The van der Waals surface area contributed by atoms with Crippen molar-refractivity contribution < 1.29 is 5.11 Å². The summed E-state index contributed by atoms with van der Waals surface area (Å²) in [5.41, 5.74) is 1.09. The van der Waals surface area contributed by atoms with Gasteiger partial charge in [0.25, 0.3) is 0 Å². The van der Waals surface area contributed by atoms with Crippen molar-refractivity contribution in [3.05, 3.63) is 36.2 Å². The minimum Gasteiger partial charge on any atom is -0.393 e. The summed E-state index contributed by atoms with van der Waals surface area (Å²) in [7, 11) is 2.03. The van der Waals surface area contributed by atoms with Gasteiger partial charge in [0, 0.05) is 12.6 Å². The van der Waals surface area contributed by atoms with E-state index in [1.807, 2.05) is 32.2 Å². The molecule has 2 heterocycles. The number of nitrogens with zero attached hydrogens (tertiary/aromatic N) is 4. The highest BCUT2D eigenvalue weighted by atomic mass is 16.3. The van der Waals surface area contributed by atoms with E-state index in [4.69, 9.17) is 0 Å². The van der Waals surface area contributed by atoms with Crippen LogP contribution >= 0.6 is 0 Å². The molecule has 1 aromatic heterocycles. The van der Waals surface area contributed by atoms with E-state index in [-0.39, 0.29) is 6.10 Å². The Kier molecular flexibility index (Phi) is 4.55. The highest BCUT2D eigenvalue weighted by Gasteiger charge is 2.23. The summed E-state index contributed by atoms with van der Waals surface area (Å²) in [4.78, 5) is 2.40. The van der Waals surface area contributed by atoms with Crippen molar-refractivity contribution >= 4 is 0 Å². The van der Waals surface area contributed by atoms with Crippen molar-refractivity contribution in [1.82, 2.24) is 19.7 Å². The number of rotatable bonds is 4. The first-order valence-corrected chi connectivity index (χ1v) is 7.99. The molecular weight excluding hydrogens is 276 g/mol. The lowest BCUT2D eigenvalue weighted by atomic mass is 9.92. The van der Waals surface area contributed by atoms with E-state index in [9.17, 15) is 5.11 Å². The zero-order valence-corrected chi connectivity index (χ0v) is 13.3. The Balaban J connectivity index is 1.66. The minimum atomic E-state index is -0.193. The normalized spacial score (nSPS) is 18.5. The smallest absolute Gasteiger partial charge is 0.163 e. The first-order chi connectivity index (χ1) is 10.6. The summed E-state index contributed by atoms with van der Waals surface area (Å²) < 4.78 is 2.08. The number of likely N-dealkylation sites (tertiary alicyclic amines) is 1. The number of aromatic nitrogens is 3. The van der Waals surface area contributed by atoms with Crippen molar-refractivity contribution in [3.63, 3.8) is 0 Å². The molecule has 0 saturated carbocycles. The van der Waals surface area contributed by atoms with Crippen molar-refractivity contribution in [2.24, 2.45) is 13.0 Å². The van der Waals surface area contributed by atoms with E-state index >= 15 is 0 Å². The van der Waals surface area contributed by atoms with Gasteiger partial charge in [-0.2, -0.15) is 0 Å². The lowest BCUT2D eigenvalue weighted by molar-refractivity contribution is 0.0684. The Morgan fingerprint density at radius 1 is 1.18 bits per heavy atom. The van der Waals surface area contributed by atoms with E-state index < -0.39 is 0 Å². The predicted octanol–water partition coefficient (Wildman–Crippen LogP) is 2.07. The third-order valence-corrected chi connectivity index (χ3v) is 4.68. The molecular formula is C17H24N4O. The fraction of sp³-hybridized carbons (Fsp3) is 0.529. The molecule has 5 nitrogen and oxygen atoms in total. The molecule has 1 N–H and O–H groups in total. The van der Waals surface area contributed by atoms with Crippen LogP contribution in [-0.4, -0.2) is 44.0 Å². The summed E-state index contributed by atoms with van der Waals surface area (Å²) in [6.45, 7) is 4.75. The van der Waals surface area contributed by atoms with Gasteiger partial charge in [-0.05, 0) is 38.8 Å². The number of aliphatic hydroxyl groups excluding tert-OH is 1. The Hall–Kier alpha value is -1.72. The van der Waals surface area contributed by atoms with E-state index in [0.29, 0.717) is 5.92 Å². The summed E-state index contributed by atoms with van der Waals surface area (Å²) in [5, 5.41) is 18.4. The number of hydrogen-bond acceptors (Lipinski definition) is 4. The van der Waals surface area contributed by atoms with Crippen LogP contribution in [0.5, 0.6) is 0 Å². The number of hydrogen-bond donors (Lipinski definition) is 1. The van der Waals surface area contributed by atoms with Crippen molar-refractivity contribution in [2.45, 2.75) is 32.4 Å². The first kappa shape index (κ1) is 15.2. The molecule has 1 fully saturated rings. The second-order valence-corrected chi connectivity index (χ2v) is 6.22. The molecule has 0 bridgehead atoms. The van der Waals surface area contributed by atoms with E-state index in [1.165, 1.54) is 0 Å². The largest absolute Gasteiger partial charge is 0.393 e. The van der Waals surface area contributed by atoms with Gasteiger partial charge < -0.3 is 9.67 Å². The Labute approximate surface area is 131 Å². The lowest BCUT2D eigenvalue weighted by Crippen LogP contribution is -2.37. The third-order valence-electron chi connectivity index (χ3n) is 4.68. The van der Waals surface area contributed by atoms with E-state index in [1.54, 1.807) is 0 Å². The average Bonchev–Trinajstić information content (AvgIpc) is 2.90. The number of piperidine rings is 1. The molecule has 3 rings (SSSR count). The predicted molar refractivity (Wildman–Crippen MR) is 86.1 cm³/mol. The van der Waals surface area contributed by atoms with Gasteiger partial charge >= 0.3 is 0 Å². The zero-order chi connectivity index (χ0) is 15.5.